The van der Waals surface area contributed by atoms with Gasteiger partial charge in [0.15, 0.2) is 0 Å². The third-order valence-electron chi connectivity index (χ3n) is 3.24. The summed E-state index contributed by atoms with van der Waals surface area (Å²) in [5.74, 6) is -0.175. The summed E-state index contributed by atoms with van der Waals surface area (Å²) in [5, 5.41) is 6.05. The van der Waals surface area contributed by atoms with E-state index in [-0.39, 0.29) is 5.91 Å². The molecule has 6 heteroatoms. The number of halogens is 1. The van der Waals surface area contributed by atoms with Crippen molar-refractivity contribution in [2.75, 3.05) is 45.2 Å². The summed E-state index contributed by atoms with van der Waals surface area (Å²) in [7, 11) is 1.45. The van der Waals surface area contributed by atoms with Gasteiger partial charge in [-0.1, -0.05) is 0 Å². The Kier molecular flexibility index (Phi) is 5.31. The summed E-state index contributed by atoms with van der Waals surface area (Å²) in [4.78, 5) is 14.1. The molecule has 1 saturated heterocycles. The van der Waals surface area contributed by atoms with Crippen LogP contribution in [-0.2, 0) is 4.79 Å². The third kappa shape index (κ3) is 4.18. The van der Waals surface area contributed by atoms with Crippen LogP contribution >= 0.6 is 0 Å². The van der Waals surface area contributed by atoms with Crippen molar-refractivity contribution >= 4 is 11.6 Å². The van der Waals surface area contributed by atoms with Crippen LogP contribution in [0.4, 0.5) is 10.1 Å². The number of carbonyl (C=O) groups is 1. The molecule has 1 heterocycles. The minimum Gasteiger partial charge on any atom is -0.494 e. The maximum Gasteiger partial charge on any atom is 0.238 e. The monoisotopic (exact) mass is 281 g/mol. The zero-order chi connectivity index (χ0) is 14.4. The van der Waals surface area contributed by atoms with Gasteiger partial charge in [-0.15, -0.1) is 0 Å². The number of nitrogens with one attached hydrogen (secondary N) is 2. The van der Waals surface area contributed by atoms with E-state index in [2.05, 4.69) is 15.5 Å². The lowest BCUT2D eigenvalue weighted by Crippen LogP contribution is -2.35. The molecule has 0 aromatic heterocycles. The lowest BCUT2D eigenvalue weighted by Gasteiger charge is -2.19. The largest absolute Gasteiger partial charge is 0.494 e. The molecule has 0 unspecified atom stereocenters. The summed E-state index contributed by atoms with van der Waals surface area (Å²) >= 11 is 0. The quantitative estimate of drug-likeness (QED) is 0.867. The van der Waals surface area contributed by atoms with Gasteiger partial charge in [-0.25, -0.2) is 4.39 Å². The summed E-state index contributed by atoms with van der Waals surface area (Å²) in [5.41, 5.74) is 0.492. The van der Waals surface area contributed by atoms with Gasteiger partial charge in [0.05, 0.1) is 19.3 Å². The number of rotatable bonds is 4. The smallest absolute Gasteiger partial charge is 0.238 e. The van der Waals surface area contributed by atoms with Gasteiger partial charge in [0.2, 0.25) is 5.91 Å². The molecule has 1 aromatic rings. The minimum absolute atomic E-state index is 0.114. The van der Waals surface area contributed by atoms with E-state index in [0.717, 1.165) is 32.6 Å². The van der Waals surface area contributed by atoms with Gasteiger partial charge in [0.1, 0.15) is 11.6 Å². The molecule has 2 rings (SSSR count). The van der Waals surface area contributed by atoms with Gasteiger partial charge in [-0.3, -0.25) is 9.69 Å². The van der Waals surface area contributed by atoms with E-state index in [1.807, 2.05) is 0 Å². The van der Waals surface area contributed by atoms with Crippen LogP contribution in [0.2, 0.25) is 0 Å². The second kappa shape index (κ2) is 7.21. The number of nitrogens with zero attached hydrogens (tertiary/aromatic N) is 1. The first-order chi connectivity index (χ1) is 9.69. The lowest BCUT2D eigenvalue weighted by atomic mass is 10.2. The summed E-state index contributed by atoms with van der Waals surface area (Å²) in [6.07, 6.45) is 1.03. The van der Waals surface area contributed by atoms with E-state index < -0.39 is 5.82 Å². The Labute approximate surface area is 118 Å². The Hall–Kier alpha value is -1.66. The van der Waals surface area contributed by atoms with E-state index in [1.165, 1.54) is 25.3 Å². The molecule has 2 N–H and O–H groups in total. The first-order valence-electron chi connectivity index (χ1n) is 6.75. The fourth-order valence-electron chi connectivity index (χ4n) is 2.22. The van der Waals surface area contributed by atoms with Crippen molar-refractivity contribution in [3.63, 3.8) is 0 Å². The first kappa shape index (κ1) is 14.7. The fourth-order valence-corrected chi connectivity index (χ4v) is 2.22. The maximum absolute atomic E-state index is 13.1. The highest BCUT2D eigenvalue weighted by atomic mass is 19.1. The number of amides is 1. The van der Waals surface area contributed by atoms with Crippen molar-refractivity contribution in [2.24, 2.45) is 0 Å². The molecule has 110 valence electrons. The molecule has 1 aliphatic heterocycles. The predicted octanol–water partition coefficient (Wildman–Crippen LogP) is 1.07. The lowest BCUT2D eigenvalue weighted by molar-refractivity contribution is -0.117. The molecule has 1 aromatic carbocycles. The van der Waals surface area contributed by atoms with Crippen LogP contribution in [0.1, 0.15) is 6.42 Å². The number of methoxy groups -OCH3 is 1. The maximum atomic E-state index is 13.1. The SMILES string of the molecule is COc1cc(F)ccc1NC(=O)CN1CCCNCC1. The molecule has 1 fully saturated rings. The Morgan fingerprint density at radius 3 is 3.10 bits per heavy atom. The average Bonchev–Trinajstić information content (AvgIpc) is 2.69. The predicted molar refractivity (Wildman–Crippen MR) is 75.5 cm³/mol. The Bertz CT molecular complexity index is 460. The van der Waals surface area contributed by atoms with Crippen molar-refractivity contribution in [2.45, 2.75) is 6.42 Å². The Morgan fingerprint density at radius 1 is 1.45 bits per heavy atom. The van der Waals surface area contributed by atoms with Crippen LogP contribution in [0.25, 0.3) is 0 Å². The average molecular weight is 281 g/mol. The van der Waals surface area contributed by atoms with Crippen LogP contribution in [0, 0.1) is 5.82 Å². The molecule has 0 bridgehead atoms. The van der Waals surface area contributed by atoms with Crippen LogP contribution in [-0.4, -0.2) is 50.6 Å². The third-order valence-corrected chi connectivity index (χ3v) is 3.24. The summed E-state index contributed by atoms with van der Waals surface area (Å²) in [6, 6.07) is 4.06. The van der Waals surface area contributed by atoms with Crippen molar-refractivity contribution in [3.05, 3.63) is 24.0 Å². The van der Waals surface area contributed by atoms with Gasteiger partial charge in [-0.05, 0) is 31.6 Å². The summed E-state index contributed by atoms with van der Waals surface area (Å²) in [6.45, 7) is 3.98. The van der Waals surface area contributed by atoms with Crippen molar-refractivity contribution < 1.29 is 13.9 Å². The second-order valence-corrected chi connectivity index (χ2v) is 4.77. The normalized spacial score (nSPS) is 16.5. The molecule has 0 radical (unpaired) electrons. The Balaban J connectivity index is 1.93. The van der Waals surface area contributed by atoms with Gasteiger partial charge in [0, 0.05) is 19.2 Å². The van der Waals surface area contributed by atoms with Crippen LogP contribution in [0.3, 0.4) is 0 Å². The van der Waals surface area contributed by atoms with E-state index in [9.17, 15) is 9.18 Å². The number of hydrogen-bond acceptors (Lipinski definition) is 4. The van der Waals surface area contributed by atoms with Gasteiger partial charge >= 0.3 is 0 Å². The molecular weight excluding hydrogens is 261 g/mol. The molecule has 1 aliphatic rings. The molecule has 0 aliphatic carbocycles. The highest BCUT2D eigenvalue weighted by Gasteiger charge is 2.14. The van der Waals surface area contributed by atoms with Crippen LogP contribution in [0.5, 0.6) is 5.75 Å². The highest BCUT2D eigenvalue weighted by molar-refractivity contribution is 5.93. The second-order valence-electron chi connectivity index (χ2n) is 4.77. The standard InChI is InChI=1S/C14H20FN3O2/c1-20-13-9-11(15)3-4-12(13)17-14(19)10-18-7-2-5-16-6-8-18/h3-4,9,16H,2,5-8,10H2,1H3,(H,17,19). The van der Waals surface area contributed by atoms with E-state index in [4.69, 9.17) is 4.74 Å². The number of hydrogen-bond donors (Lipinski definition) is 2. The van der Waals surface area contributed by atoms with Crippen molar-refractivity contribution in [1.29, 1.82) is 0 Å². The molecule has 1 amide bonds. The zero-order valence-corrected chi connectivity index (χ0v) is 11.6. The fraction of sp³-hybridized carbons (Fsp3) is 0.500. The van der Waals surface area contributed by atoms with Gasteiger partial charge < -0.3 is 15.4 Å². The van der Waals surface area contributed by atoms with E-state index in [1.54, 1.807) is 0 Å². The summed E-state index contributed by atoms with van der Waals surface area (Å²) < 4.78 is 18.1. The molecule has 0 saturated carbocycles. The number of anilines is 1. The highest BCUT2D eigenvalue weighted by Crippen LogP contribution is 2.24. The van der Waals surface area contributed by atoms with Gasteiger partial charge in [-0.2, -0.15) is 0 Å². The van der Waals surface area contributed by atoms with E-state index in [0.29, 0.717) is 18.0 Å². The number of ether oxygens (including phenoxy) is 1. The number of carbonyl (C=O) groups excluding carboxylic acids is 1. The van der Waals surface area contributed by atoms with Gasteiger partial charge in [0.25, 0.3) is 0 Å². The molecule has 0 atom stereocenters. The first-order valence-corrected chi connectivity index (χ1v) is 6.75. The number of benzene rings is 1. The molecule has 5 nitrogen and oxygen atoms in total. The molecule has 0 spiro atoms. The Morgan fingerprint density at radius 2 is 2.30 bits per heavy atom. The zero-order valence-electron chi connectivity index (χ0n) is 11.6. The molecule has 20 heavy (non-hydrogen) atoms. The molecular formula is C14H20FN3O2. The minimum atomic E-state index is -0.390. The van der Waals surface area contributed by atoms with Crippen LogP contribution in [0.15, 0.2) is 18.2 Å². The van der Waals surface area contributed by atoms with Crippen molar-refractivity contribution in [1.82, 2.24) is 10.2 Å². The van der Waals surface area contributed by atoms with Crippen LogP contribution < -0.4 is 15.4 Å². The topological polar surface area (TPSA) is 53.6 Å². The van der Waals surface area contributed by atoms with E-state index >= 15 is 0 Å². The van der Waals surface area contributed by atoms with Crippen molar-refractivity contribution in [3.8, 4) is 5.75 Å².